The van der Waals surface area contributed by atoms with Crippen LogP contribution in [0.1, 0.15) is 30.5 Å². The minimum Gasteiger partial charge on any atom is -0.457 e. The molecule has 1 heterocycles. The van der Waals surface area contributed by atoms with E-state index < -0.39 is 0 Å². The molecule has 0 fully saturated rings. The summed E-state index contributed by atoms with van der Waals surface area (Å²) in [6, 6.07) is 15.9. The fourth-order valence-corrected chi connectivity index (χ4v) is 2.73. The third-order valence-electron chi connectivity index (χ3n) is 3.64. The summed E-state index contributed by atoms with van der Waals surface area (Å²) >= 11 is 0. The van der Waals surface area contributed by atoms with E-state index in [9.17, 15) is 4.79 Å². The maximum absolute atomic E-state index is 11.1. The first-order valence-electron chi connectivity index (χ1n) is 7.05. The number of fused-ring (bicyclic) bond motifs is 2. The molecule has 4 nitrogen and oxygen atoms in total. The van der Waals surface area contributed by atoms with Crippen molar-refractivity contribution in [2.24, 2.45) is 5.73 Å². The largest absolute Gasteiger partial charge is 0.457 e. The van der Waals surface area contributed by atoms with Crippen LogP contribution in [0.4, 0.5) is 0 Å². The Morgan fingerprint density at radius 1 is 1.14 bits per heavy atom. The molecule has 3 N–H and O–H groups in total. The van der Waals surface area contributed by atoms with Crippen molar-refractivity contribution in [3.8, 4) is 11.5 Å². The number of hydrogen-bond acceptors (Lipinski definition) is 3. The lowest BCUT2D eigenvalue weighted by Gasteiger charge is -2.30. The van der Waals surface area contributed by atoms with Crippen LogP contribution >= 0.6 is 0 Å². The van der Waals surface area contributed by atoms with E-state index in [1.807, 2.05) is 55.5 Å². The predicted octanol–water partition coefficient (Wildman–Crippen LogP) is 2.74. The fourth-order valence-electron chi connectivity index (χ4n) is 2.73. The lowest BCUT2D eigenvalue weighted by Crippen LogP contribution is -2.35. The highest BCUT2D eigenvalue weighted by molar-refractivity contribution is 5.74. The highest BCUT2D eigenvalue weighted by Gasteiger charge is 2.27. The number of benzene rings is 2. The molecule has 2 aromatic carbocycles. The third kappa shape index (κ3) is 2.76. The molecular weight excluding hydrogens is 264 g/mol. The van der Waals surface area contributed by atoms with E-state index in [-0.39, 0.29) is 18.0 Å². The first-order valence-corrected chi connectivity index (χ1v) is 7.05. The molecular formula is C17H18N2O2. The number of rotatable bonds is 4. The molecule has 21 heavy (non-hydrogen) atoms. The van der Waals surface area contributed by atoms with Gasteiger partial charge < -0.3 is 15.8 Å². The van der Waals surface area contributed by atoms with E-state index in [1.54, 1.807) is 0 Å². The molecule has 0 saturated carbocycles. The molecule has 0 bridgehead atoms. The monoisotopic (exact) mass is 282 g/mol. The molecule has 1 atom stereocenters. The summed E-state index contributed by atoms with van der Waals surface area (Å²) in [5, 5.41) is 3.48. The Morgan fingerprint density at radius 3 is 2.19 bits per heavy atom. The van der Waals surface area contributed by atoms with Gasteiger partial charge in [-0.25, -0.2) is 0 Å². The maximum atomic E-state index is 11.1. The van der Waals surface area contributed by atoms with Crippen LogP contribution in [-0.4, -0.2) is 11.9 Å². The van der Waals surface area contributed by atoms with Crippen molar-refractivity contribution in [1.29, 1.82) is 0 Å². The van der Waals surface area contributed by atoms with Crippen LogP contribution in [0.15, 0.2) is 48.5 Å². The van der Waals surface area contributed by atoms with Crippen molar-refractivity contribution in [2.45, 2.75) is 25.4 Å². The van der Waals surface area contributed by atoms with Crippen molar-refractivity contribution < 1.29 is 9.53 Å². The Morgan fingerprint density at radius 2 is 1.67 bits per heavy atom. The molecule has 108 valence electrons. The number of nitrogens with one attached hydrogen (secondary N) is 1. The molecule has 0 aromatic heterocycles. The average molecular weight is 282 g/mol. The van der Waals surface area contributed by atoms with Crippen LogP contribution in [0.2, 0.25) is 0 Å². The number of para-hydroxylation sites is 2. The van der Waals surface area contributed by atoms with E-state index in [0.29, 0.717) is 6.42 Å². The topological polar surface area (TPSA) is 64.4 Å². The van der Waals surface area contributed by atoms with Gasteiger partial charge in [0, 0.05) is 23.6 Å². The molecule has 0 saturated heterocycles. The molecule has 0 spiro atoms. The standard InChI is InChI=1S/C17H18N2O2/c1-11(10-16(18)20)19-17-12-6-2-4-8-14(12)21-15-9-5-3-7-13(15)17/h2-9,11,17,19H,10H2,1H3,(H2,18,20). The minimum atomic E-state index is -0.302. The van der Waals surface area contributed by atoms with Crippen LogP contribution in [-0.2, 0) is 4.79 Å². The summed E-state index contributed by atoms with van der Waals surface area (Å²) in [6.45, 7) is 1.96. The van der Waals surface area contributed by atoms with Crippen LogP contribution in [0, 0.1) is 0 Å². The van der Waals surface area contributed by atoms with Crippen LogP contribution in [0.3, 0.4) is 0 Å². The number of carbonyl (C=O) groups is 1. The normalized spacial score (nSPS) is 14.7. The van der Waals surface area contributed by atoms with Gasteiger partial charge in [0.1, 0.15) is 11.5 Å². The second kappa shape index (κ2) is 5.58. The van der Waals surface area contributed by atoms with Gasteiger partial charge in [0.15, 0.2) is 0 Å². The van der Waals surface area contributed by atoms with E-state index in [2.05, 4.69) is 5.32 Å². The van der Waals surface area contributed by atoms with Gasteiger partial charge in [-0.1, -0.05) is 36.4 Å². The summed E-state index contributed by atoms with van der Waals surface area (Å²) in [6.07, 6.45) is 0.307. The summed E-state index contributed by atoms with van der Waals surface area (Å²) < 4.78 is 5.94. The number of amides is 1. The Bertz CT molecular complexity index is 624. The van der Waals surface area contributed by atoms with Crippen LogP contribution < -0.4 is 15.8 Å². The molecule has 1 aliphatic rings. The van der Waals surface area contributed by atoms with Gasteiger partial charge in [-0.05, 0) is 19.1 Å². The SMILES string of the molecule is CC(CC(N)=O)NC1c2ccccc2Oc2ccccc21. The summed E-state index contributed by atoms with van der Waals surface area (Å²) in [5.41, 5.74) is 7.44. The van der Waals surface area contributed by atoms with E-state index in [0.717, 1.165) is 22.6 Å². The molecule has 2 aromatic rings. The molecule has 3 rings (SSSR count). The van der Waals surface area contributed by atoms with Crippen molar-refractivity contribution in [1.82, 2.24) is 5.32 Å². The fraction of sp³-hybridized carbons (Fsp3) is 0.235. The van der Waals surface area contributed by atoms with Gasteiger partial charge in [-0.3, -0.25) is 4.79 Å². The Labute approximate surface area is 123 Å². The predicted molar refractivity (Wildman–Crippen MR) is 81.2 cm³/mol. The third-order valence-corrected chi connectivity index (χ3v) is 3.64. The lowest BCUT2D eigenvalue weighted by molar-refractivity contribution is -0.118. The molecule has 0 radical (unpaired) electrons. The van der Waals surface area contributed by atoms with Crippen LogP contribution in [0.5, 0.6) is 11.5 Å². The van der Waals surface area contributed by atoms with Gasteiger partial charge in [-0.15, -0.1) is 0 Å². The molecule has 1 unspecified atom stereocenters. The minimum absolute atomic E-state index is 0.000463. The summed E-state index contributed by atoms with van der Waals surface area (Å²) in [5.74, 6) is 1.39. The van der Waals surface area contributed by atoms with E-state index >= 15 is 0 Å². The van der Waals surface area contributed by atoms with Crippen LogP contribution in [0.25, 0.3) is 0 Å². The van der Waals surface area contributed by atoms with Gasteiger partial charge in [-0.2, -0.15) is 0 Å². The maximum Gasteiger partial charge on any atom is 0.218 e. The second-order valence-corrected chi connectivity index (χ2v) is 5.35. The second-order valence-electron chi connectivity index (χ2n) is 5.35. The van der Waals surface area contributed by atoms with E-state index in [1.165, 1.54) is 0 Å². The Hall–Kier alpha value is -2.33. The van der Waals surface area contributed by atoms with E-state index in [4.69, 9.17) is 10.5 Å². The first-order chi connectivity index (χ1) is 10.1. The number of ether oxygens (including phenoxy) is 1. The van der Waals surface area contributed by atoms with Crippen molar-refractivity contribution in [2.75, 3.05) is 0 Å². The smallest absolute Gasteiger partial charge is 0.218 e. The zero-order valence-corrected chi connectivity index (χ0v) is 11.9. The zero-order chi connectivity index (χ0) is 14.8. The molecule has 4 heteroatoms. The number of primary amides is 1. The number of nitrogens with two attached hydrogens (primary N) is 1. The van der Waals surface area contributed by atoms with Crippen molar-refractivity contribution in [3.63, 3.8) is 0 Å². The van der Waals surface area contributed by atoms with Gasteiger partial charge in [0.25, 0.3) is 0 Å². The highest BCUT2D eigenvalue weighted by Crippen LogP contribution is 2.42. The van der Waals surface area contributed by atoms with Gasteiger partial charge >= 0.3 is 0 Å². The average Bonchev–Trinajstić information content (AvgIpc) is 2.46. The molecule has 1 aliphatic heterocycles. The van der Waals surface area contributed by atoms with Gasteiger partial charge in [0.2, 0.25) is 5.91 Å². The van der Waals surface area contributed by atoms with Crippen molar-refractivity contribution in [3.05, 3.63) is 59.7 Å². The molecule has 1 amide bonds. The summed E-state index contributed by atoms with van der Waals surface area (Å²) in [4.78, 5) is 11.1. The quantitative estimate of drug-likeness (QED) is 0.906. The van der Waals surface area contributed by atoms with Crippen molar-refractivity contribution >= 4 is 5.91 Å². The molecule has 0 aliphatic carbocycles. The number of hydrogen-bond donors (Lipinski definition) is 2. The Kier molecular flexibility index (Phi) is 3.62. The zero-order valence-electron chi connectivity index (χ0n) is 11.9. The van der Waals surface area contributed by atoms with Gasteiger partial charge in [0.05, 0.1) is 6.04 Å². The summed E-state index contributed by atoms with van der Waals surface area (Å²) in [7, 11) is 0. The number of carbonyl (C=O) groups excluding carboxylic acids is 1. The lowest BCUT2D eigenvalue weighted by atomic mass is 9.93. The first kappa shape index (κ1) is 13.6. The Balaban J connectivity index is 1.96. The highest BCUT2D eigenvalue weighted by atomic mass is 16.5.